The minimum Gasteiger partial charge on any atom is -0.0786 e. The van der Waals surface area contributed by atoms with Crippen molar-refractivity contribution in [3.05, 3.63) is 93.6 Å². The van der Waals surface area contributed by atoms with E-state index in [-0.39, 0.29) is 4.83 Å². The van der Waals surface area contributed by atoms with E-state index in [1.165, 1.54) is 25.8 Å². The molecule has 3 aromatic rings. The number of alkyl halides is 1. The molecule has 0 spiro atoms. The van der Waals surface area contributed by atoms with Crippen molar-refractivity contribution in [2.24, 2.45) is 0 Å². The van der Waals surface area contributed by atoms with Crippen LogP contribution in [0.1, 0.15) is 16.0 Å². The zero-order chi connectivity index (χ0) is 14.7. The summed E-state index contributed by atoms with van der Waals surface area (Å²) in [4.78, 5) is 0.232. The molecule has 21 heavy (non-hydrogen) atoms. The highest BCUT2D eigenvalue weighted by molar-refractivity contribution is 14.1. The predicted molar refractivity (Wildman–Crippen MR) is 102 cm³/mol. The van der Waals surface area contributed by atoms with E-state index in [0.29, 0.717) is 0 Å². The van der Waals surface area contributed by atoms with Gasteiger partial charge in [0.05, 0.1) is 4.83 Å². The molecule has 0 bridgehead atoms. The maximum absolute atomic E-state index is 3.82. The Balaban J connectivity index is 1.89. The SMILES string of the molecule is BrC(c1ccc(-c2ccccc2)cc1)c1ccccc1I. The molecular weight excluding hydrogens is 435 g/mol. The third kappa shape index (κ3) is 3.38. The minimum absolute atomic E-state index is 0.232. The van der Waals surface area contributed by atoms with Crippen molar-refractivity contribution in [3.63, 3.8) is 0 Å². The largest absolute Gasteiger partial charge is 0.0786 e. The fraction of sp³-hybridized carbons (Fsp3) is 0.0526. The van der Waals surface area contributed by atoms with Crippen LogP contribution >= 0.6 is 38.5 Å². The Morgan fingerprint density at radius 2 is 1.24 bits per heavy atom. The van der Waals surface area contributed by atoms with Gasteiger partial charge in [0, 0.05) is 3.57 Å². The number of benzene rings is 3. The lowest BCUT2D eigenvalue weighted by molar-refractivity contribution is 1.16. The van der Waals surface area contributed by atoms with Gasteiger partial charge in [-0.1, -0.05) is 88.7 Å². The lowest BCUT2D eigenvalue weighted by atomic mass is 10.0. The molecule has 3 aromatic carbocycles. The van der Waals surface area contributed by atoms with Crippen LogP contribution in [-0.2, 0) is 0 Å². The van der Waals surface area contributed by atoms with Gasteiger partial charge in [0.25, 0.3) is 0 Å². The number of halogens is 2. The first-order valence-corrected chi connectivity index (χ1v) is 8.79. The highest BCUT2D eigenvalue weighted by atomic mass is 127. The van der Waals surface area contributed by atoms with Crippen LogP contribution in [0.2, 0.25) is 0 Å². The Labute approximate surface area is 147 Å². The normalized spacial score (nSPS) is 12.1. The van der Waals surface area contributed by atoms with Gasteiger partial charge in [-0.2, -0.15) is 0 Å². The first-order chi connectivity index (χ1) is 10.3. The van der Waals surface area contributed by atoms with Gasteiger partial charge in [-0.25, -0.2) is 0 Å². The molecule has 0 aliphatic heterocycles. The molecule has 0 aliphatic rings. The maximum Gasteiger partial charge on any atom is 0.0654 e. The molecule has 0 saturated heterocycles. The third-order valence-corrected chi connectivity index (χ3v) is 5.49. The van der Waals surface area contributed by atoms with Gasteiger partial charge >= 0.3 is 0 Å². The van der Waals surface area contributed by atoms with Crippen molar-refractivity contribution >= 4 is 38.5 Å². The number of hydrogen-bond donors (Lipinski definition) is 0. The molecule has 0 amide bonds. The summed E-state index contributed by atoms with van der Waals surface area (Å²) in [5, 5.41) is 0. The molecule has 0 aromatic heterocycles. The van der Waals surface area contributed by atoms with Crippen LogP contribution in [0.5, 0.6) is 0 Å². The van der Waals surface area contributed by atoms with Crippen LogP contribution in [0, 0.1) is 3.57 Å². The Morgan fingerprint density at radius 3 is 1.90 bits per heavy atom. The Morgan fingerprint density at radius 1 is 0.667 bits per heavy atom. The highest BCUT2D eigenvalue weighted by Crippen LogP contribution is 2.34. The van der Waals surface area contributed by atoms with Crippen LogP contribution in [0.4, 0.5) is 0 Å². The fourth-order valence-electron chi connectivity index (χ4n) is 2.34. The molecule has 0 aliphatic carbocycles. The van der Waals surface area contributed by atoms with Crippen molar-refractivity contribution < 1.29 is 0 Å². The lowest BCUT2D eigenvalue weighted by Crippen LogP contribution is -1.95. The first kappa shape index (κ1) is 14.8. The van der Waals surface area contributed by atoms with Gasteiger partial charge in [-0.15, -0.1) is 0 Å². The monoisotopic (exact) mass is 448 g/mol. The van der Waals surface area contributed by atoms with Gasteiger partial charge in [0.1, 0.15) is 0 Å². The molecule has 1 atom stereocenters. The summed E-state index contributed by atoms with van der Waals surface area (Å²) in [7, 11) is 0. The number of hydrogen-bond acceptors (Lipinski definition) is 0. The molecule has 1 unspecified atom stereocenters. The Kier molecular flexibility index (Phi) is 4.76. The smallest absolute Gasteiger partial charge is 0.0654 e. The van der Waals surface area contributed by atoms with E-state index in [1.807, 2.05) is 6.07 Å². The molecule has 104 valence electrons. The van der Waals surface area contributed by atoms with E-state index in [2.05, 4.69) is 111 Å². The van der Waals surface area contributed by atoms with E-state index in [0.717, 1.165) is 0 Å². The molecule has 0 nitrogen and oxygen atoms in total. The van der Waals surface area contributed by atoms with Crippen LogP contribution in [0.25, 0.3) is 11.1 Å². The van der Waals surface area contributed by atoms with Crippen LogP contribution in [0.15, 0.2) is 78.9 Å². The second-order valence-electron chi connectivity index (χ2n) is 4.87. The predicted octanol–water partition coefficient (Wildman–Crippen LogP) is 6.44. The van der Waals surface area contributed by atoms with Gasteiger partial charge in [-0.3, -0.25) is 0 Å². The maximum atomic E-state index is 3.82. The van der Waals surface area contributed by atoms with Crippen LogP contribution in [0.3, 0.4) is 0 Å². The van der Waals surface area contributed by atoms with Crippen molar-refractivity contribution in [2.75, 3.05) is 0 Å². The second-order valence-corrected chi connectivity index (χ2v) is 6.95. The fourth-order valence-corrected chi connectivity index (χ4v) is 4.17. The van der Waals surface area contributed by atoms with Crippen molar-refractivity contribution in [3.8, 4) is 11.1 Å². The van der Waals surface area contributed by atoms with Gasteiger partial charge in [0.2, 0.25) is 0 Å². The standard InChI is InChI=1S/C19H14BrI/c20-19(17-8-4-5-9-18(17)21)16-12-10-15(11-13-16)14-6-2-1-3-7-14/h1-13,19H. The molecule has 0 heterocycles. The Hall–Kier alpha value is -1.13. The average Bonchev–Trinajstić information content (AvgIpc) is 2.56. The topological polar surface area (TPSA) is 0 Å². The zero-order valence-electron chi connectivity index (χ0n) is 11.3. The molecule has 0 radical (unpaired) electrons. The van der Waals surface area contributed by atoms with Crippen molar-refractivity contribution in [1.29, 1.82) is 0 Å². The molecule has 3 rings (SSSR count). The number of rotatable bonds is 3. The van der Waals surface area contributed by atoms with Crippen LogP contribution < -0.4 is 0 Å². The van der Waals surface area contributed by atoms with Gasteiger partial charge in [-0.05, 0) is 50.9 Å². The molecular formula is C19H14BrI. The van der Waals surface area contributed by atoms with Gasteiger partial charge < -0.3 is 0 Å². The minimum atomic E-state index is 0.232. The van der Waals surface area contributed by atoms with E-state index in [4.69, 9.17) is 0 Å². The average molecular weight is 449 g/mol. The summed E-state index contributed by atoms with van der Waals surface area (Å²) in [6, 6.07) is 27.7. The zero-order valence-corrected chi connectivity index (χ0v) is 15.1. The molecule has 0 fully saturated rings. The van der Waals surface area contributed by atoms with E-state index in [1.54, 1.807) is 0 Å². The summed E-state index contributed by atoms with van der Waals surface area (Å²) in [5.41, 5.74) is 5.09. The van der Waals surface area contributed by atoms with Gasteiger partial charge in [0.15, 0.2) is 0 Å². The van der Waals surface area contributed by atoms with E-state index < -0.39 is 0 Å². The summed E-state index contributed by atoms with van der Waals surface area (Å²) < 4.78 is 1.28. The lowest BCUT2D eigenvalue weighted by Gasteiger charge is -2.13. The Bertz CT molecular complexity index is 720. The summed E-state index contributed by atoms with van der Waals surface area (Å²) in [6.07, 6.45) is 0. The van der Waals surface area contributed by atoms with E-state index >= 15 is 0 Å². The van der Waals surface area contributed by atoms with E-state index in [9.17, 15) is 0 Å². The quantitative estimate of drug-likeness (QED) is 0.319. The molecule has 2 heteroatoms. The third-order valence-electron chi connectivity index (χ3n) is 3.49. The molecule has 0 N–H and O–H groups in total. The second kappa shape index (κ2) is 6.75. The summed E-state index contributed by atoms with van der Waals surface area (Å²) in [6.45, 7) is 0. The highest BCUT2D eigenvalue weighted by Gasteiger charge is 2.12. The summed E-state index contributed by atoms with van der Waals surface area (Å²) in [5.74, 6) is 0. The first-order valence-electron chi connectivity index (χ1n) is 6.79. The van der Waals surface area contributed by atoms with Crippen molar-refractivity contribution in [1.82, 2.24) is 0 Å². The van der Waals surface area contributed by atoms with Crippen molar-refractivity contribution in [2.45, 2.75) is 4.83 Å². The molecule has 0 saturated carbocycles. The van der Waals surface area contributed by atoms with Crippen LogP contribution in [-0.4, -0.2) is 0 Å². The summed E-state index contributed by atoms with van der Waals surface area (Å²) >= 11 is 6.21.